The summed E-state index contributed by atoms with van der Waals surface area (Å²) in [7, 11) is 0. The summed E-state index contributed by atoms with van der Waals surface area (Å²) in [4.78, 5) is 0. The Labute approximate surface area is 120 Å². The molecule has 0 bridgehead atoms. The molecule has 0 fully saturated rings. The molecule has 1 unspecified atom stereocenters. The fraction of sp³-hybridized carbons (Fsp3) is 0.333. The van der Waals surface area contributed by atoms with Gasteiger partial charge in [-0.3, -0.25) is 0 Å². The maximum absolute atomic E-state index is 9.63. The molecule has 0 heterocycles. The minimum absolute atomic E-state index is 0.349. The largest absolute Gasteiger partial charge is 0.508 e. The van der Waals surface area contributed by atoms with Gasteiger partial charge < -0.3 is 10.2 Å². The van der Waals surface area contributed by atoms with E-state index in [1.807, 2.05) is 32.0 Å². The number of rotatable bonds is 4. The molecule has 20 heavy (non-hydrogen) atoms. The molecule has 2 N–H and O–H groups in total. The minimum atomic E-state index is 0.349. The highest BCUT2D eigenvalue weighted by Gasteiger charge is 2.12. The Morgan fingerprint density at radius 3 is 2.05 bits per heavy atom. The van der Waals surface area contributed by atoms with Crippen LogP contribution in [0.4, 0.5) is 0 Å². The number of phenols is 2. The van der Waals surface area contributed by atoms with Crippen molar-refractivity contribution in [2.24, 2.45) is 0 Å². The molecule has 0 spiro atoms. The second-order valence-corrected chi connectivity index (χ2v) is 5.48. The number of hydrogen-bond acceptors (Lipinski definition) is 2. The van der Waals surface area contributed by atoms with Crippen molar-refractivity contribution in [3.63, 3.8) is 0 Å². The monoisotopic (exact) mass is 270 g/mol. The molecule has 2 heteroatoms. The van der Waals surface area contributed by atoms with Crippen LogP contribution >= 0.6 is 0 Å². The van der Waals surface area contributed by atoms with Crippen molar-refractivity contribution in [3.05, 3.63) is 58.7 Å². The number of hydrogen-bond donors (Lipinski definition) is 2. The van der Waals surface area contributed by atoms with Crippen molar-refractivity contribution in [1.82, 2.24) is 0 Å². The van der Waals surface area contributed by atoms with Crippen molar-refractivity contribution in [2.45, 2.75) is 39.5 Å². The van der Waals surface area contributed by atoms with Gasteiger partial charge in [-0.05, 0) is 67.0 Å². The summed E-state index contributed by atoms with van der Waals surface area (Å²) in [5, 5.41) is 19.2. The van der Waals surface area contributed by atoms with E-state index < -0.39 is 0 Å². The number of benzene rings is 2. The number of phenolic OH excluding ortho intramolecular Hbond substituents is 2. The normalized spacial score (nSPS) is 12.3. The maximum atomic E-state index is 9.63. The highest BCUT2D eigenvalue weighted by molar-refractivity contribution is 5.39. The van der Waals surface area contributed by atoms with Gasteiger partial charge in [0.15, 0.2) is 0 Å². The fourth-order valence-electron chi connectivity index (χ4n) is 2.56. The van der Waals surface area contributed by atoms with E-state index in [-0.39, 0.29) is 0 Å². The molecule has 0 saturated heterocycles. The molecule has 0 amide bonds. The van der Waals surface area contributed by atoms with Gasteiger partial charge in [-0.25, -0.2) is 0 Å². The van der Waals surface area contributed by atoms with Crippen molar-refractivity contribution in [3.8, 4) is 11.5 Å². The molecule has 0 aliphatic carbocycles. The topological polar surface area (TPSA) is 40.5 Å². The highest BCUT2D eigenvalue weighted by Crippen LogP contribution is 2.29. The average molecular weight is 270 g/mol. The van der Waals surface area contributed by atoms with Crippen LogP contribution in [0.25, 0.3) is 0 Å². The molecule has 2 aromatic rings. The second kappa shape index (κ2) is 6.00. The van der Waals surface area contributed by atoms with E-state index in [9.17, 15) is 10.2 Å². The zero-order valence-corrected chi connectivity index (χ0v) is 12.4. The predicted molar refractivity (Wildman–Crippen MR) is 82.4 cm³/mol. The second-order valence-electron chi connectivity index (χ2n) is 5.48. The first-order valence-corrected chi connectivity index (χ1v) is 7.09. The van der Waals surface area contributed by atoms with E-state index in [1.165, 1.54) is 11.1 Å². The standard InChI is InChI=1S/C18H22O2/c1-4-15(16-6-8-18(20)13(3)10-16)11-14-5-7-17(19)12(2)9-14/h5-10,15,19-20H,4,11H2,1-3H3. The molecule has 0 aliphatic heterocycles. The quantitative estimate of drug-likeness (QED) is 0.861. The van der Waals surface area contributed by atoms with E-state index in [1.54, 1.807) is 12.1 Å². The molecule has 2 aromatic carbocycles. The molecule has 0 aromatic heterocycles. The summed E-state index contributed by atoms with van der Waals surface area (Å²) in [6, 6.07) is 11.6. The molecular weight excluding hydrogens is 248 g/mol. The van der Waals surface area contributed by atoms with Crippen molar-refractivity contribution in [1.29, 1.82) is 0 Å². The molecular formula is C18H22O2. The van der Waals surface area contributed by atoms with Crippen LogP contribution < -0.4 is 0 Å². The Morgan fingerprint density at radius 1 is 0.900 bits per heavy atom. The first kappa shape index (κ1) is 14.4. The Bertz CT molecular complexity index is 602. The van der Waals surface area contributed by atoms with Crippen molar-refractivity contribution in [2.75, 3.05) is 0 Å². The van der Waals surface area contributed by atoms with Gasteiger partial charge in [-0.2, -0.15) is 0 Å². The molecule has 2 nitrogen and oxygen atoms in total. The third kappa shape index (κ3) is 3.13. The van der Waals surface area contributed by atoms with Gasteiger partial charge in [0.25, 0.3) is 0 Å². The fourth-order valence-corrected chi connectivity index (χ4v) is 2.56. The smallest absolute Gasteiger partial charge is 0.118 e. The zero-order valence-electron chi connectivity index (χ0n) is 12.4. The van der Waals surface area contributed by atoms with Gasteiger partial charge in [0.05, 0.1) is 0 Å². The number of aromatic hydroxyl groups is 2. The zero-order chi connectivity index (χ0) is 14.7. The van der Waals surface area contributed by atoms with Gasteiger partial charge in [0.1, 0.15) is 11.5 Å². The van der Waals surface area contributed by atoms with Crippen LogP contribution in [0.15, 0.2) is 36.4 Å². The van der Waals surface area contributed by atoms with Gasteiger partial charge in [0, 0.05) is 0 Å². The average Bonchev–Trinajstić information content (AvgIpc) is 2.43. The number of aryl methyl sites for hydroxylation is 2. The van der Waals surface area contributed by atoms with Crippen LogP contribution in [0.5, 0.6) is 11.5 Å². The molecule has 0 radical (unpaired) electrons. The first-order valence-electron chi connectivity index (χ1n) is 7.09. The summed E-state index contributed by atoms with van der Waals surface area (Å²) < 4.78 is 0. The lowest BCUT2D eigenvalue weighted by Gasteiger charge is -2.17. The van der Waals surface area contributed by atoms with Gasteiger partial charge in [-0.1, -0.05) is 31.2 Å². The SMILES string of the molecule is CCC(Cc1ccc(O)c(C)c1)c1ccc(O)c(C)c1. The van der Waals surface area contributed by atoms with Crippen LogP contribution in [0.3, 0.4) is 0 Å². The van der Waals surface area contributed by atoms with Crippen LogP contribution in [0.2, 0.25) is 0 Å². The lowest BCUT2D eigenvalue weighted by Crippen LogP contribution is -2.02. The molecule has 2 rings (SSSR count). The summed E-state index contributed by atoms with van der Waals surface area (Å²) in [5.41, 5.74) is 4.33. The first-order chi connectivity index (χ1) is 9.51. The van der Waals surface area contributed by atoms with E-state index >= 15 is 0 Å². The van der Waals surface area contributed by atoms with Crippen LogP contribution in [-0.2, 0) is 6.42 Å². The lowest BCUT2D eigenvalue weighted by molar-refractivity contribution is 0.469. The summed E-state index contributed by atoms with van der Waals surface area (Å²) in [6.45, 7) is 6.03. The molecule has 1 atom stereocenters. The molecule has 0 saturated carbocycles. The Hall–Kier alpha value is -1.96. The Morgan fingerprint density at radius 2 is 1.50 bits per heavy atom. The maximum Gasteiger partial charge on any atom is 0.118 e. The predicted octanol–water partition coefficient (Wildman–Crippen LogP) is 4.45. The van der Waals surface area contributed by atoms with E-state index in [0.29, 0.717) is 17.4 Å². The Balaban J connectivity index is 2.23. The van der Waals surface area contributed by atoms with E-state index in [2.05, 4.69) is 13.0 Å². The summed E-state index contributed by atoms with van der Waals surface area (Å²) >= 11 is 0. The van der Waals surface area contributed by atoms with Crippen molar-refractivity contribution < 1.29 is 10.2 Å². The highest BCUT2D eigenvalue weighted by atomic mass is 16.3. The summed E-state index contributed by atoms with van der Waals surface area (Å²) in [6.07, 6.45) is 1.99. The summed E-state index contributed by atoms with van der Waals surface area (Å²) in [5.74, 6) is 1.13. The van der Waals surface area contributed by atoms with Gasteiger partial charge in [0.2, 0.25) is 0 Å². The molecule has 0 aliphatic rings. The third-order valence-electron chi connectivity index (χ3n) is 3.93. The van der Waals surface area contributed by atoms with E-state index in [4.69, 9.17) is 0 Å². The van der Waals surface area contributed by atoms with Crippen LogP contribution in [-0.4, -0.2) is 10.2 Å². The lowest BCUT2D eigenvalue weighted by atomic mass is 9.88. The van der Waals surface area contributed by atoms with Gasteiger partial charge in [-0.15, -0.1) is 0 Å². The Kier molecular flexibility index (Phi) is 4.33. The van der Waals surface area contributed by atoms with Gasteiger partial charge >= 0.3 is 0 Å². The van der Waals surface area contributed by atoms with E-state index in [0.717, 1.165) is 24.0 Å². The molecule has 106 valence electrons. The van der Waals surface area contributed by atoms with Crippen LogP contribution in [0.1, 0.15) is 41.5 Å². The van der Waals surface area contributed by atoms with Crippen LogP contribution in [0, 0.1) is 13.8 Å². The third-order valence-corrected chi connectivity index (χ3v) is 3.93. The van der Waals surface area contributed by atoms with Crippen molar-refractivity contribution >= 4 is 0 Å². The minimum Gasteiger partial charge on any atom is -0.508 e.